The Labute approximate surface area is 237 Å². The van der Waals surface area contributed by atoms with Gasteiger partial charge in [-0.1, -0.05) is 36.4 Å². The van der Waals surface area contributed by atoms with Crippen molar-refractivity contribution in [3.63, 3.8) is 0 Å². The molecule has 2 atom stereocenters. The van der Waals surface area contributed by atoms with Crippen LogP contribution in [0.15, 0.2) is 42.5 Å². The number of carbonyl (C=O) groups excluding carboxylic acids is 2. The summed E-state index contributed by atoms with van der Waals surface area (Å²) in [5.74, 6) is -1.16. The van der Waals surface area contributed by atoms with Gasteiger partial charge in [0.25, 0.3) is 6.43 Å². The van der Waals surface area contributed by atoms with Crippen LogP contribution in [0.5, 0.6) is 0 Å². The smallest absolute Gasteiger partial charge is 0.257 e. The topological polar surface area (TPSA) is 85.2 Å². The van der Waals surface area contributed by atoms with Gasteiger partial charge in [0, 0.05) is 25.1 Å². The zero-order chi connectivity index (χ0) is 29.6. The Morgan fingerprint density at radius 2 is 1.73 bits per heavy atom. The number of hydrogen-bond donors (Lipinski definition) is 2. The summed E-state index contributed by atoms with van der Waals surface area (Å²) in [5, 5.41) is 14.5. The Bertz CT molecular complexity index is 1350. The molecule has 3 fully saturated rings. The number of carbonyl (C=O) groups is 2. The largest absolute Gasteiger partial charge is 0.342 e. The third kappa shape index (κ3) is 6.10. The number of nitrogens with zero attached hydrogens (tertiary/aromatic N) is 2. The van der Waals surface area contributed by atoms with Crippen LogP contribution in [0.1, 0.15) is 69.5 Å². The molecule has 5 rings (SSSR count). The highest BCUT2D eigenvalue weighted by molar-refractivity contribution is 5.92. The lowest BCUT2D eigenvalue weighted by atomic mass is 9.90. The minimum absolute atomic E-state index is 0.0499. The van der Waals surface area contributed by atoms with Gasteiger partial charge in [-0.05, 0) is 68.7 Å². The van der Waals surface area contributed by atoms with Gasteiger partial charge in [0.05, 0.1) is 23.6 Å². The van der Waals surface area contributed by atoms with E-state index in [1.807, 2.05) is 6.07 Å². The van der Waals surface area contributed by atoms with E-state index in [0.717, 1.165) is 19.5 Å². The molecule has 2 aromatic carbocycles. The molecule has 41 heavy (non-hydrogen) atoms. The van der Waals surface area contributed by atoms with Crippen LogP contribution in [-0.4, -0.2) is 53.5 Å². The van der Waals surface area contributed by atoms with E-state index in [0.29, 0.717) is 36.8 Å². The first-order chi connectivity index (χ1) is 19.4. The van der Waals surface area contributed by atoms with Gasteiger partial charge in [-0.3, -0.25) is 14.9 Å². The molecule has 2 aromatic rings. The predicted molar refractivity (Wildman–Crippen MR) is 145 cm³/mol. The highest BCUT2D eigenvalue weighted by atomic mass is 19.3. The van der Waals surface area contributed by atoms with Crippen LogP contribution in [0, 0.1) is 17.1 Å². The van der Waals surface area contributed by atoms with E-state index in [1.54, 1.807) is 17.0 Å². The lowest BCUT2D eigenvalue weighted by Gasteiger charge is -2.34. The predicted octanol–water partition coefficient (Wildman–Crippen LogP) is 5.33. The third-order valence-electron chi connectivity index (χ3n) is 8.37. The molecule has 0 bridgehead atoms. The molecule has 2 aliphatic carbocycles. The van der Waals surface area contributed by atoms with Gasteiger partial charge in [0.15, 0.2) is 0 Å². The normalized spacial score (nSPS) is 20.0. The number of benzene rings is 2. The van der Waals surface area contributed by atoms with E-state index >= 15 is 4.39 Å². The molecule has 3 aliphatic rings. The summed E-state index contributed by atoms with van der Waals surface area (Å²) in [6.07, 6.45) is -0.0408. The summed E-state index contributed by atoms with van der Waals surface area (Å²) in [7, 11) is 0. The molecule has 2 amide bonds. The van der Waals surface area contributed by atoms with Gasteiger partial charge in [-0.2, -0.15) is 5.26 Å². The van der Waals surface area contributed by atoms with Gasteiger partial charge in [0.1, 0.15) is 17.0 Å². The van der Waals surface area contributed by atoms with Crippen LogP contribution in [-0.2, 0) is 15.0 Å². The van der Waals surface area contributed by atoms with E-state index in [-0.39, 0.29) is 23.5 Å². The maximum atomic E-state index is 15.3. The van der Waals surface area contributed by atoms with Crippen molar-refractivity contribution >= 4 is 11.8 Å². The molecule has 0 unspecified atom stereocenters. The Morgan fingerprint density at radius 1 is 1.07 bits per heavy atom. The van der Waals surface area contributed by atoms with Crippen LogP contribution in [0.2, 0.25) is 0 Å². The highest BCUT2D eigenvalue weighted by Gasteiger charge is 2.54. The van der Waals surface area contributed by atoms with Crippen LogP contribution >= 0.6 is 0 Å². The van der Waals surface area contributed by atoms with Crippen molar-refractivity contribution in [2.24, 2.45) is 0 Å². The minimum Gasteiger partial charge on any atom is -0.342 e. The molecule has 1 heterocycles. The summed E-state index contributed by atoms with van der Waals surface area (Å²) in [4.78, 5) is 27.6. The summed E-state index contributed by atoms with van der Waals surface area (Å²) in [6, 6.07) is 9.76. The standard InChI is InChI=1S/C31H34F4N4O2/c1-29(2,35)17-24(27(40)38-30(18-36)10-11-30)37-25(26(33)34)20-6-4-19(5-7-20)22-9-8-21(16-23(22)32)31(12-13-31)28(41)39-14-3-15-39/h4-9,16,24-26,37H,3,10-15,17H2,1-2H3,(H,38,40)/t24-,25-/m0/s1. The number of hydrogen-bond acceptors (Lipinski definition) is 4. The van der Waals surface area contributed by atoms with E-state index in [4.69, 9.17) is 0 Å². The third-order valence-corrected chi connectivity index (χ3v) is 8.37. The molecule has 1 saturated heterocycles. The number of alkyl halides is 3. The first-order valence-electron chi connectivity index (χ1n) is 14.0. The van der Waals surface area contributed by atoms with Crippen molar-refractivity contribution in [3.8, 4) is 17.2 Å². The molecule has 2 N–H and O–H groups in total. The summed E-state index contributed by atoms with van der Waals surface area (Å²) < 4.78 is 58.3. The molecular weight excluding hydrogens is 536 g/mol. The second-order valence-corrected chi connectivity index (χ2v) is 12.2. The first-order valence-corrected chi connectivity index (χ1v) is 14.0. The number of rotatable bonds is 11. The Morgan fingerprint density at radius 3 is 2.20 bits per heavy atom. The number of amides is 2. The molecule has 218 valence electrons. The van der Waals surface area contributed by atoms with Crippen LogP contribution in [0.3, 0.4) is 0 Å². The van der Waals surface area contributed by atoms with E-state index in [1.165, 1.54) is 44.2 Å². The fourth-order valence-corrected chi connectivity index (χ4v) is 5.45. The molecule has 0 spiro atoms. The number of nitriles is 1. The quantitative estimate of drug-likeness (QED) is 0.358. The molecule has 2 saturated carbocycles. The zero-order valence-corrected chi connectivity index (χ0v) is 23.2. The van der Waals surface area contributed by atoms with Crippen molar-refractivity contribution in [1.29, 1.82) is 5.26 Å². The number of nitrogens with one attached hydrogen (secondary N) is 2. The summed E-state index contributed by atoms with van der Waals surface area (Å²) >= 11 is 0. The van der Waals surface area contributed by atoms with Crippen molar-refractivity contribution < 1.29 is 27.2 Å². The lowest BCUT2D eigenvalue weighted by Crippen LogP contribution is -2.52. The fraction of sp³-hybridized carbons (Fsp3) is 0.516. The van der Waals surface area contributed by atoms with E-state index in [2.05, 4.69) is 10.6 Å². The minimum atomic E-state index is -2.93. The monoisotopic (exact) mass is 570 g/mol. The average molecular weight is 571 g/mol. The van der Waals surface area contributed by atoms with Gasteiger partial charge in [-0.15, -0.1) is 0 Å². The second kappa shape index (κ2) is 10.8. The van der Waals surface area contributed by atoms with Crippen LogP contribution in [0.25, 0.3) is 11.1 Å². The highest BCUT2D eigenvalue weighted by Crippen LogP contribution is 2.50. The first kappa shape index (κ1) is 29.1. The fourth-order valence-electron chi connectivity index (χ4n) is 5.45. The van der Waals surface area contributed by atoms with Gasteiger partial charge >= 0.3 is 0 Å². The molecule has 0 aromatic heterocycles. The summed E-state index contributed by atoms with van der Waals surface area (Å²) in [5.41, 5.74) is -1.97. The van der Waals surface area contributed by atoms with E-state index in [9.17, 15) is 28.0 Å². The number of halogens is 4. The SMILES string of the molecule is CC(C)(F)C[C@H](N[C@@H](c1ccc(-c2ccc(C3(C(=O)N4CCC4)CC3)cc2F)cc1)C(F)F)C(=O)NC1(C#N)CC1. The molecule has 6 nitrogen and oxygen atoms in total. The maximum Gasteiger partial charge on any atom is 0.257 e. The van der Waals surface area contributed by atoms with Crippen molar-refractivity contribution in [3.05, 3.63) is 59.4 Å². The molecule has 1 aliphatic heterocycles. The molecule has 10 heteroatoms. The van der Waals surface area contributed by atoms with Gasteiger partial charge < -0.3 is 10.2 Å². The van der Waals surface area contributed by atoms with Crippen molar-refractivity contribution in [2.75, 3.05) is 13.1 Å². The maximum absolute atomic E-state index is 15.3. The number of likely N-dealkylation sites (tertiary alicyclic amines) is 1. The Kier molecular flexibility index (Phi) is 7.62. The van der Waals surface area contributed by atoms with E-state index < -0.39 is 46.9 Å². The Balaban J connectivity index is 1.33. The van der Waals surface area contributed by atoms with Gasteiger partial charge in [-0.25, -0.2) is 17.6 Å². The van der Waals surface area contributed by atoms with Crippen molar-refractivity contribution in [1.82, 2.24) is 15.5 Å². The van der Waals surface area contributed by atoms with Crippen LogP contribution < -0.4 is 10.6 Å². The van der Waals surface area contributed by atoms with Crippen molar-refractivity contribution in [2.45, 2.75) is 87.5 Å². The van der Waals surface area contributed by atoms with Gasteiger partial charge in [0.2, 0.25) is 11.8 Å². The summed E-state index contributed by atoms with van der Waals surface area (Å²) in [6.45, 7) is 3.98. The lowest BCUT2D eigenvalue weighted by molar-refractivity contribution is -0.137. The van der Waals surface area contributed by atoms with Crippen LogP contribution in [0.4, 0.5) is 17.6 Å². The average Bonchev–Trinajstić information content (AvgIpc) is 3.81. The molecular formula is C31H34F4N4O2. The Hall–Kier alpha value is -3.45. The molecule has 0 radical (unpaired) electrons. The second-order valence-electron chi connectivity index (χ2n) is 12.2. The zero-order valence-electron chi connectivity index (χ0n) is 23.2.